The minimum Gasteiger partial charge on any atom is -0.490 e. The Morgan fingerprint density at radius 1 is 1.37 bits per heavy atom. The molecule has 0 aromatic heterocycles. The Morgan fingerprint density at radius 2 is 2.07 bits per heavy atom. The largest absolute Gasteiger partial charge is 0.490 e. The number of hydrogen-bond donors (Lipinski definition) is 0. The van der Waals surface area contributed by atoms with E-state index in [1.807, 2.05) is 31.2 Å². The van der Waals surface area contributed by atoms with E-state index in [1.165, 1.54) is 18.9 Å². The molecule has 1 aromatic carbocycles. The normalized spacial score (nSPS) is 21.7. The highest BCUT2D eigenvalue weighted by Crippen LogP contribution is 2.44. The molecule has 142 valence electrons. The number of methoxy groups -OCH3 is 1. The lowest BCUT2D eigenvalue weighted by Crippen LogP contribution is -2.40. The SMILES string of the molecule is C=CCOc1ccc(C2C(C(=O)OC)=C(C)N=C3SC(CC)C(=O)N32)cc1. The van der Waals surface area contributed by atoms with Gasteiger partial charge in [0.2, 0.25) is 5.91 Å². The van der Waals surface area contributed by atoms with Crippen LogP contribution in [0.3, 0.4) is 0 Å². The van der Waals surface area contributed by atoms with Crippen molar-refractivity contribution in [3.8, 4) is 5.75 Å². The number of nitrogens with zero attached hydrogens (tertiary/aromatic N) is 2. The summed E-state index contributed by atoms with van der Waals surface area (Å²) >= 11 is 1.44. The highest BCUT2D eigenvalue weighted by Gasteiger charge is 2.47. The van der Waals surface area contributed by atoms with Crippen molar-refractivity contribution in [1.29, 1.82) is 0 Å². The van der Waals surface area contributed by atoms with Gasteiger partial charge in [0.15, 0.2) is 5.17 Å². The Kier molecular flexibility index (Phi) is 5.70. The Morgan fingerprint density at radius 3 is 2.67 bits per heavy atom. The molecule has 2 aliphatic rings. The van der Waals surface area contributed by atoms with Crippen molar-refractivity contribution in [1.82, 2.24) is 4.90 Å². The van der Waals surface area contributed by atoms with Crippen LogP contribution < -0.4 is 4.74 Å². The van der Waals surface area contributed by atoms with Crippen molar-refractivity contribution in [3.63, 3.8) is 0 Å². The van der Waals surface area contributed by atoms with Gasteiger partial charge in [0.05, 0.1) is 29.7 Å². The molecule has 2 heterocycles. The topological polar surface area (TPSA) is 68.2 Å². The minimum absolute atomic E-state index is 0.0351. The van der Waals surface area contributed by atoms with E-state index < -0.39 is 12.0 Å². The summed E-state index contributed by atoms with van der Waals surface area (Å²) in [6.45, 7) is 7.78. The number of aliphatic imine (C=N–C) groups is 1. The van der Waals surface area contributed by atoms with Crippen molar-refractivity contribution in [2.24, 2.45) is 4.99 Å². The van der Waals surface area contributed by atoms with Crippen molar-refractivity contribution >= 4 is 28.8 Å². The molecule has 0 radical (unpaired) electrons. The van der Waals surface area contributed by atoms with Crippen LogP contribution in [0.4, 0.5) is 0 Å². The van der Waals surface area contributed by atoms with Gasteiger partial charge in [0.1, 0.15) is 12.4 Å². The van der Waals surface area contributed by atoms with Gasteiger partial charge in [-0.05, 0) is 31.0 Å². The van der Waals surface area contributed by atoms with Crippen LogP contribution in [-0.2, 0) is 14.3 Å². The summed E-state index contributed by atoms with van der Waals surface area (Å²) in [6.07, 6.45) is 2.37. The van der Waals surface area contributed by atoms with Crippen LogP contribution in [0.2, 0.25) is 0 Å². The predicted molar refractivity (Wildman–Crippen MR) is 106 cm³/mol. The molecule has 27 heavy (non-hydrogen) atoms. The van der Waals surface area contributed by atoms with Crippen molar-refractivity contribution in [2.45, 2.75) is 31.6 Å². The van der Waals surface area contributed by atoms with Gasteiger partial charge in [-0.25, -0.2) is 9.79 Å². The number of allylic oxidation sites excluding steroid dienone is 1. The summed E-state index contributed by atoms with van der Waals surface area (Å²) in [6, 6.07) is 6.80. The average Bonchev–Trinajstić information content (AvgIpc) is 3.00. The zero-order chi connectivity index (χ0) is 19.6. The Balaban J connectivity index is 2.05. The van der Waals surface area contributed by atoms with Crippen LogP contribution in [-0.4, -0.2) is 40.9 Å². The first-order chi connectivity index (χ1) is 13.0. The van der Waals surface area contributed by atoms with Crippen LogP contribution in [0.5, 0.6) is 5.75 Å². The van der Waals surface area contributed by atoms with Crippen molar-refractivity contribution in [2.75, 3.05) is 13.7 Å². The molecule has 0 saturated carbocycles. The van der Waals surface area contributed by atoms with Crippen LogP contribution in [0, 0.1) is 0 Å². The maximum absolute atomic E-state index is 12.9. The number of carbonyl (C=O) groups excluding carboxylic acids is 2. The minimum atomic E-state index is -0.560. The fourth-order valence-corrected chi connectivity index (χ4v) is 4.31. The lowest BCUT2D eigenvalue weighted by molar-refractivity contribution is -0.137. The third-order valence-corrected chi connectivity index (χ3v) is 5.81. The number of ether oxygens (including phenoxy) is 2. The van der Waals surface area contributed by atoms with E-state index in [-0.39, 0.29) is 11.2 Å². The monoisotopic (exact) mass is 386 g/mol. The number of hydrogen-bond acceptors (Lipinski definition) is 6. The molecular formula is C20H22N2O4S. The molecule has 0 aliphatic carbocycles. The van der Waals surface area contributed by atoms with Crippen molar-refractivity contribution in [3.05, 3.63) is 53.8 Å². The molecule has 6 nitrogen and oxygen atoms in total. The molecule has 2 atom stereocenters. The van der Waals surface area contributed by atoms with Gasteiger partial charge >= 0.3 is 5.97 Å². The summed E-state index contributed by atoms with van der Waals surface area (Å²) in [7, 11) is 1.33. The number of benzene rings is 1. The van der Waals surface area contributed by atoms with E-state index in [0.717, 1.165) is 5.56 Å². The zero-order valence-electron chi connectivity index (χ0n) is 15.6. The first-order valence-corrected chi connectivity index (χ1v) is 9.60. The standard InChI is InChI=1S/C20H22N2O4S/c1-5-11-26-14-9-7-13(8-10-14)17-16(19(24)25-4)12(3)21-20-22(17)18(23)15(6-2)27-20/h5,7-10,15,17H,1,6,11H2,2-4H3. The van der Waals surface area contributed by atoms with Gasteiger partial charge in [-0.3, -0.25) is 9.69 Å². The summed E-state index contributed by atoms with van der Waals surface area (Å²) in [4.78, 5) is 31.6. The molecule has 1 aromatic rings. The number of rotatable bonds is 6. The summed E-state index contributed by atoms with van der Waals surface area (Å²) in [5.74, 6) is 0.175. The van der Waals surface area contributed by atoms with Gasteiger partial charge in [-0.15, -0.1) is 0 Å². The van der Waals surface area contributed by atoms with Gasteiger partial charge in [-0.1, -0.05) is 43.5 Å². The molecule has 1 saturated heterocycles. The number of amides is 1. The lowest BCUT2D eigenvalue weighted by atomic mass is 9.94. The van der Waals surface area contributed by atoms with Gasteiger partial charge < -0.3 is 9.47 Å². The highest BCUT2D eigenvalue weighted by molar-refractivity contribution is 8.15. The second kappa shape index (κ2) is 8.00. The molecule has 2 aliphatic heterocycles. The zero-order valence-corrected chi connectivity index (χ0v) is 16.4. The van der Waals surface area contributed by atoms with Crippen LogP contribution in [0.1, 0.15) is 31.9 Å². The van der Waals surface area contributed by atoms with Gasteiger partial charge in [0.25, 0.3) is 0 Å². The highest BCUT2D eigenvalue weighted by atomic mass is 32.2. The van der Waals surface area contributed by atoms with E-state index in [1.54, 1.807) is 17.9 Å². The molecule has 2 unspecified atom stereocenters. The number of thioether (sulfide) groups is 1. The van der Waals surface area contributed by atoms with E-state index in [2.05, 4.69) is 11.6 Å². The Hall–Kier alpha value is -2.54. The second-order valence-corrected chi connectivity index (χ2v) is 7.35. The number of carbonyl (C=O) groups is 2. The van der Waals surface area contributed by atoms with Crippen LogP contribution in [0.25, 0.3) is 0 Å². The maximum Gasteiger partial charge on any atom is 0.338 e. The van der Waals surface area contributed by atoms with E-state index >= 15 is 0 Å². The Bertz CT molecular complexity index is 829. The summed E-state index contributed by atoms with van der Waals surface area (Å²) in [5, 5.41) is 0.445. The fraction of sp³-hybridized carbons (Fsp3) is 0.350. The lowest BCUT2D eigenvalue weighted by Gasteiger charge is -2.32. The smallest absolute Gasteiger partial charge is 0.338 e. The van der Waals surface area contributed by atoms with E-state index in [9.17, 15) is 9.59 Å². The molecule has 7 heteroatoms. The van der Waals surface area contributed by atoms with E-state index in [4.69, 9.17) is 9.47 Å². The number of fused-ring (bicyclic) bond motifs is 1. The average molecular weight is 386 g/mol. The third kappa shape index (κ3) is 3.51. The molecule has 1 fully saturated rings. The quantitative estimate of drug-likeness (QED) is 0.553. The summed E-state index contributed by atoms with van der Waals surface area (Å²) < 4.78 is 10.5. The molecule has 1 amide bonds. The molecule has 0 bridgehead atoms. The first kappa shape index (κ1) is 19.2. The number of amidine groups is 1. The van der Waals surface area contributed by atoms with Gasteiger partial charge in [-0.2, -0.15) is 0 Å². The molecular weight excluding hydrogens is 364 g/mol. The number of esters is 1. The van der Waals surface area contributed by atoms with Gasteiger partial charge in [0, 0.05) is 0 Å². The maximum atomic E-state index is 12.9. The fourth-order valence-electron chi connectivity index (χ4n) is 3.18. The molecule has 0 spiro atoms. The Labute approximate surface area is 162 Å². The van der Waals surface area contributed by atoms with Crippen LogP contribution in [0.15, 0.2) is 53.2 Å². The first-order valence-electron chi connectivity index (χ1n) is 8.73. The molecule has 3 rings (SSSR count). The molecule has 0 N–H and O–H groups in total. The van der Waals surface area contributed by atoms with Crippen molar-refractivity contribution < 1.29 is 19.1 Å². The van der Waals surface area contributed by atoms with E-state index in [0.29, 0.717) is 35.2 Å². The summed E-state index contributed by atoms with van der Waals surface area (Å²) in [5.41, 5.74) is 1.76. The predicted octanol–water partition coefficient (Wildman–Crippen LogP) is 3.46. The van der Waals surface area contributed by atoms with Crippen LogP contribution >= 0.6 is 11.8 Å². The third-order valence-electron chi connectivity index (χ3n) is 4.49. The second-order valence-electron chi connectivity index (χ2n) is 6.18.